The van der Waals surface area contributed by atoms with E-state index in [0.717, 1.165) is 9.87 Å². The average Bonchev–Trinajstić information content (AvgIpc) is 2.87. The van der Waals surface area contributed by atoms with Crippen molar-refractivity contribution in [2.45, 2.75) is 11.4 Å². The van der Waals surface area contributed by atoms with E-state index in [1.807, 2.05) is 30.3 Å². The van der Waals surface area contributed by atoms with Crippen molar-refractivity contribution in [3.8, 4) is 17.2 Å². The Morgan fingerprint density at radius 3 is 2.06 bits per heavy atom. The molecule has 0 heterocycles. The molecule has 0 N–H and O–H groups in total. The zero-order valence-electron chi connectivity index (χ0n) is 19.6. The summed E-state index contributed by atoms with van der Waals surface area (Å²) in [5.41, 5.74) is 1.38. The fraction of sp³-hybridized carbons (Fsp3) is 0.240. The molecule has 3 aromatic rings. The number of hydrogen-bond donors (Lipinski definition) is 0. The second-order valence-electron chi connectivity index (χ2n) is 7.43. The number of carbonyl (C=O) groups is 1. The van der Waals surface area contributed by atoms with Gasteiger partial charge in [0.05, 0.1) is 32.8 Å². The Hall–Kier alpha value is -3.56. The van der Waals surface area contributed by atoms with E-state index in [1.54, 1.807) is 38.4 Å². The van der Waals surface area contributed by atoms with Crippen LogP contribution in [0.2, 0.25) is 0 Å². The lowest BCUT2D eigenvalue weighted by molar-refractivity contribution is -0.118. The largest absolute Gasteiger partial charge is 0.497 e. The maximum absolute atomic E-state index is 13.6. The van der Waals surface area contributed by atoms with E-state index in [2.05, 4.69) is 0 Å². The summed E-state index contributed by atoms with van der Waals surface area (Å²) >= 11 is 0. The normalized spacial score (nSPS) is 11.2. The molecule has 0 radical (unpaired) electrons. The van der Waals surface area contributed by atoms with Gasteiger partial charge in [0.2, 0.25) is 15.9 Å². The molecule has 3 rings (SSSR count). The predicted molar refractivity (Wildman–Crippen MR) is 130 cm³/mol. The highest BCUT2D eigenvalue weighted by molar-refractivity contribution is 7.89. The van der Waals surface area contributed by atoms with Crippen LogP contribution in [0.1, 0.15) is 5.56 Å². The average molecular weight is 485 g/mol. The lowest BCUT2D eigenvalue weighted by Gasteiger charge is -2.25. The Balaban J connectivity index is 1.93. The van der Waals surface area contributed by atoms with Gasteiger partial charge < -0.3 is 19.1 Å². The van der Waals surface area contributed by atoms with Crippen molar-refractivity contribution in [2.75, 3.05) is 39.8 Å². The first-order valence-electron chi connectivity index (χ1n) is 10.5. The Kier molecular flexibility index (Phi) is 8.14. The molecule has 180 valence electrons. The zero-order valence-corrected chi connectivity index (χ0v) is 20.4. The molecule has 0 atom stereocenters. The van der Waals surface area contributed by atoms with Gasteiger partial charge in [-0.3, -0.25) is 4.79 Å². The Bertz CT molecular complexity index is 1210. The lowest BCUT2D eigenvalue weighted by atomic mass is 10.2. The molecule has 0 saturated heterocycles. The van der Waals surface area contributed by atoms with Crippen LogP contribution in [-0.4, -0.2) is 53.6 Å². The van der Waals surface area contributed by atoms with Gasteiger partial charge in [0.1, 0.15) is 5.75 Å². The van der Waals surface area contributed by atoms with Crippen LogP contribution < -0.4 is 19.1 Å². The monoisotopic (exact) mass is 484 g/mol. The number of sulfonamides is 1. The number of rotatable bonds is 10. The van der Waals surface area contributed by atoms with Gasteiger partial charge in [-0.25, -0.2) is 8.42 Å². The minimum atomic E-state index is -4.05. The highest BCUT2D eigenvalue weighted by Gasteiger charge is 2.29. The van der Waals surface area contributed by atoms with E-state index in [0.29, 0.717) is 17.2 Å². The Labute approximate surface area is 200 Å². The summed E-state index contributed by atoms with van der Waals surface area (Å²) in [6, 6.07) is 20.4. The van der Waals surface area contributed by atoms with E-state index >= 15 is 0 Å². The molecule has 0 spiro atoms. The van der Waals surface area contributed by atoms with Gasteiger partial charge in [0.25, 0.3) is 0 Å². The van der Waals surface area contributed by atoms with Crippen molar-refractivity contribution in [2.24, 2.45) is 0 Å². The molecule has 9 heteroatoms. The van der Waals surface area contributed by atoms with Crippen molar-refractivity contribution in [3.63, 3.8) is 0 Å². The van der Waals surface area contributed by atoms with Crippen molar-refractivity contribution in [1.82, 2.24) is 4.31 Å². The summed E-state index contributed by atoms with van der Waals surface area (Å²) < 4.78 is 44.1. The van der Waals surface area contributed by atoms with Crippen LogP contribution in [0.25, 0.3) is 0 Å². The smallest absolute Gasteiger partial charge is 0.243 e. The molecule has 34 heavy (non-hydrogen) atoms. The third-order valence-corrected chi connectivity index (χ3v) is 7.13. The van der Waals surface area contributed by atoms with E-state index in [-0.39, 0.29) is 29.6 Å². The number of benzene rings is 3. The topological polar surface area (TPSA) is 85.4 Å². The third-order valence-electron chi connectivity index (χ3n) is 5.34. The first-order valence-corrected chi connectivity index (χ1v) is 11.9. The maximum Gasteiger partial charge on any atom is 0.243 e. The number of ether oxygens (including phenoxy) is 3. The minimum Gasteiger partial charge on any atom is -0.497 e. The highest BCUT2D eigenvalue weighted by atomic mass is 32.2. The quantitative estimate of drug-likeness (QED) is 0.437. The zero-order chi connectivity index (χ0) is 24.7. The fourth-order valence-electron chi connectivity index (χ4n) is 3.35. The molecular weight excluding hydrogens is 456 g/mol. The molecule has 0 aliphatic heterocycles. The van der Waals surface area contributed by atoms with Crippen LogP contribution in [0.15, 0.2) is 77.7 Å². The SMILES string of the molecule is COc1ccc(N(C)C(=O)CN(Cc2ccccc2)S(=O)(=O)c2ccc(OC)c(OC)c2)cc1. The molecule has 3 aromatic carbocycles. The molecule has 0 fully saturated rings. The van der Waals surface area contributed by atoms with Crippen molar-refractivity contribution in [1.29, 1.82) is 0 Å². The fourth-order valence-corrected chi connectivity index (χ4v) is 4.74. The Morgan fingerprint density at radius 2 is 1.47 bits per heavy atom. The summed E-state index contributed by atoms with van der Waals surface area (Å²) in [6.07, 6.45) is 0. The molecule has 1 amide bonds. The lowest BCUT2D eigenvalue weighted by Crippen LogP contribution is -2.41. The number of likely N-dealkylation sites (N-methyl/N-ethyl adjacent to an activating group) is 1. The summed E-state index contributed by atoms with van der Waals surface area (Å²) in [6.45, 7) is -0.326. The predicted octanol–water partition coefficient (Wildman–Crippen LogP) is 3.57. The Morgan fingerprint density at radius 1 is 0.824 bits per heavy atom. The van der Waals surface area contributed by atoms with Gasteiger partial charge in [0, 0.05) is 25.3 Å². The van der Waals surface area contributed by atoms with Gasteiger partial charge in [-0.05, 0) is 42.0 Å². The van der Waals surface area contributed by atoms with Crippen LogP contribution in [0.5, 0.6) is 17.2 Å². The molecular formula is C25H28N2O6S. The standard InChI is InChI=1S/C25H28N2O6S/c1-26(20-10-12-21(31-2)13-11-20)25(28)18-27(17-19-8-6-5-7-9-19)34(29,30)22-14-15-23(32-3)24(16-22)33-4/h5-16H,17-18H2,1-4H3. The number of amides is 1. The third kappa shape index (κ3) is 5.67. The maximum atomic E-state index is 13.6. The summed E-state index contributed by atoms with van der Waals surface area (Å²) in [7, 11) is 2.02. The first kappa shape index (κ1) is 25.1. The van der Waals surface area contributed by atoms with Gasteiger partial charge in [-0.2, -0.15) is 4.31 Å². The first-order chi connectivity index (χ1) is 16.3. The molecule has 0 saturated carbocycles. The van der Waals surface area contributed by atoms with Crippen LogP contribution in [-0.2, 0) is 21.4 Å². The van der Waals surface area contributed by atoms with Gasteiger partial charge in [-0.1, -0.05) is 30.3 Å². The summed E-state index contributed by atoms with van der Waals surface area (Å²) in [4.78, 5) is 14.6. The molecule has 0 bridgehead atoms. The number of hydrogen-bond acceptors (Lipinski definition) is 6. The van der Waals surface area contributed by atoms with Crippen LogP contribution in [0.4, 0.5) is 5.69 Å². The van der Waals surface area contributed by atoms with Crippen molar-refractivity contribution >= 4 is 21.6 Å². The molecule has 8 nitrogen and oxygen atoms in total. The second-order valence-corrected chi connectivity index (χ2v) is 9.36. The van der Waals surface area contributed by atoms with Crippen molar-refractivity contribution in [3.05, 3.63) is 78.4 Å². The molecule has 0 aromatic heterocycles. The number of anilines is 1. The van der Waals surface area contributed by atoms with Crippen LogP contribution >= 0.6 is 0 Å². The number of carbonyl (C=O) groups excluding carboxylic acids is 1. The number of methoxy groups -OCH3 is 3. The second kappa shape index (κ2) is 11.0. The van der Waals surface area contributed by atoms with E-state index < -0.39 is 10.0 Å². The van der Waals surface area contributed by atoms with E-state index in [4.69, 9.17) is 14.2 Å². The van der Waals surface area contributed by atoms with Gasteiger partial charge >= 0.3 is 0 Å². The van der Waals surface area contributed by atoms with Crippen LogP contribution in [0.3, 0.4) is 0 Å². The summed E-state index contributed by atoms with van der Waals surface area (Å²) in [5, 5.41) is 0. The van der Waals surface area contributed by atoms with E-state index in [1.165, 1.54) is 37.3 Å². The van der Waals surface area contributed by atoms with E-state index in [9.17, 15) is 13.2 Å². The van der Waals surface area contributed by atoms with Crippen molar-refractivity contribution < 1.29 is 27.4 Å². The summed E-state index contributed by atoms with van der Waals surface area (Å²) in [5.74, 6) is 0.966. The molecule has 0 unspecified atom stereocenters. The minimum absolute atomic E-state index is 0.000909. The number of nitrogens with zero attached hydrogens (tertiary/aromatic N) is 2. The van der Waals surface area contributed by atoms with Crippen LogP contribution in [0, 0.1) is 0 Å². The molecule has 0 aliphatic carbocycles. The molecule has 0 aliphatic rings. The highest BCUT2D eigenvalue weighted by Crippen LogP contribution is 2.31. The van der Waals surface area contributed by atoms with Gasteiger partial charge in [0.15, 0.2) is 11.5 Å². The van der Waals surface area contributed by atoms with Gasteiger partial charge in [-0.15, -0.1) is 0 Å².